The molecule has 7 heteroatoms. The largest absolute Gasteiger partial charge is 0.246 e. The number of sulfonamides is 1. The summed E-state index contributed by atoms with van der Waals surface area (Å²) in [5.41, 5.74) is 1.61. The highest BCUT2D eigenvalue weighted by molar-refractivity contribution is 7.98. The van der Waals surface area contributed by atoms with Gasteiger partial charge in [0.25, 0.3) is 0 Å². The molecule has 1 saturated heterocycles. The first-order valence-corrected chi connectivity index (χ1v) is 11.6. The summed E-state index contributed by atoms with van der Waals surface area (Å²) < 4.78 is 54.5. The van der Waals surface area contributed by atoms with E-state index in [0.29, 0.717) is 16.2 Å². The fraction of sp³-hybridized carbons (Fsp3) is 0.429. The Morgan fingerprint density at radius 1 is 1.14 bits per heavy atom. The predicted molar refractivity (Wildman–Crippen MR) is 110 cm³/mol. The molecule has 0 amide bonds. The minimum Gasteiger partial charge on any atom is -0.246 e. The molecule has 1 heterocycles. The molecular weight excluding hydrogens is 400 g/mol. The van der Waals surface area contributed by atoms with Gasteiger partial charge in [-0.05, 0) is 50.1 Å². The van der Waals surface area contributed by atoms with Gasteiger partial charge in [-0.25, -0.2) is 17.2 Å². The highest BCUT2D eigenvalue weighted by atomic mass is 32.2. The van der Waals surface area contributed by atoms with Crippen LogP contribution in [-0.4, -0.2) is 30.2 Å². The van der Waals surface area contributed by atoms with E-state index in [1.807, 2.05) is 30.3 Å². The third-order valence-electron chi connectivity index (χ3n) is 4.81. The molecule has 0 saturated carbocycles. The molecule has 3 rings (SSSR count). The van der Waals surface area contributed by atoms with Gasteiger partial charge >= 0.3 is 0 Å². The molecule has 0 unspecified atom stereocenters. The van der Waals surface area contributed by atoms with Crippen LogP contribution in [0, 0.1) is 5.82 Å². The fourth-order valence-corrected chi connectivity index (χ4v) is 5.82. The standard InChI is InChI=1S/C21H25F2NO2S2/c1-21(2,3)28(25,26)24-13-18(23)12-20(24)16-9-17(22)11-19(10-16)27-14-15-7-5-4-6-8-15/h4-11,18,20H,12-14H2,1-3H3/t18-,20+/m0/s1. The lowest BCUT2D eigenvalue weighted by Crippen LogP contribution is -2.43. The summed E-state index contributed by atoms with van der Waals surface area (Å²) in [5.74, 6) is 0.230. The van der Waals surface area contributed by atoms with Crippen molar-refractivity contribution in [3.63, 3.8) is 0 Å². The first-order chi connectivity index (χ1) is 13.1. The molecule has 0 bridgehead atoms. The summed E-state index contributed by atoms with van der Waals surface area (Å²) in [6, 6.07) is 13.7. The number of alkyl halides is 1. The van der Waals surface area contributed by atoms with E-state index in [2.05, 4.69) is 0 Å². The lowest BCUT2D eigenvalue weighted by atomic mass is 10.1. The van der Waals surface area contributed by atoms with Crippen molar-refractivity contribution >= 4 is 21.8 Å². The SMILES string of the molecule is CC(C)(C)S(=O)(=O)N1C[C@@H](F)C[C@@H]1c1cc(F)cc(SCc2ccccc2)c1. The zero-order valence-electron chi connectivity index (χ0n) is 16.2. The van der Waals surface area contributed by atoms with Crippen LogP contribution in [0.15, 0.2) is 53.4 Å². The molecule has 0 N–H and O–H groups in total. The van der Waals surface area contributed by atoms with Crippen molar-refractivity contribution in [2.75, 3.05) is 6.54 Å². The predicted octanol–water partition coefficient (Wildman–Crippen LogP) is 5.33. The number of halogens is 2. The summed E-state index contributed by atoms with van der Waals surface area (Å²) in [5, 5.41) is 0. The van der Waals surface area contributed by atoms with Crippen molar-refractivity contribution in [3.05, 3.63) is 65.5 Å². The molecule has 1 fully saturated rings. The Morgan fingerprint density at radius 3 is 2.46 bits per heavy atom. The van der Waals surface area contributed by atoms with Gasteiger partial charge in [0.15, 0.2) is 0 Å². The molecule has 0 aromatic heterocycles. The normalized spacial score (nSPS) is 21.2. The maximum Gasteiger partial charge on any atom is 0.219 e. The number of nitrogens with zero attached hydrogens (tertiary/aromatic N) is 1. The van der Waals surface area contributed by atoms with Crippen LogP contribution in [0.25, 0.3) is 0 Å². The van der Waals surface area contributed by atoms with Gasteiger partial charge in [0, 0.05) is 23.6 Å². The van der Waals surface area contributed by atoms with Crippen molar-refractivity contribution in [2.24, 2.45) is 0 Å². The average molecular weight is 426 g/mol. The summed E-state index contributed by atoms with van der Waals surface area (Å²) in [7, 11) is -3.72. The second kappa shape index (κ2) is 8.13. The number of hydrogen-bond acceptors (Lipinski definition) is 3. The van der Waals surface area contributed by atoms with Crippen molar-refractivity contribution < 1.29 is 17.2 Å². The second-order valence-electron chi connectivity index (χ2n) is 8.03. The van der Waals surface area contributed by atoms with Crippen LogP contribution in [0.5, 0.6) is 0 Å². The van der Waals surface area contributed by atoms with Gasteiger partial charge in [0.1, 0.15) is 12.0 Å². The van der Waals surface area contributed by atoms with Crippen molar-refractivity contribution in [2.45, 2.75) is 54.8 Å². The molecule has 0 aliphatic carbocycles. The van der Waals surface area contributed by atoms with Gasteiger partial charge in [-0.1, -0.05) is 30.3 Å². The van der Waals surface area contributed by atoms with E-state index < -0.39 is 32.8 Å². The van der Waals surface area contributed by atoms with Crippen LogP contribution < -0.4 is 0 Å². The van der Waals surface area contributed by atoms with E-state index in [4.69, 9.17) is 0 Å². The van der Waals surface area contributed by atoms with Crippen LogP contribution in [0.2, 0.25) is 0 Å². The van der Waals surface area contributed by atoms with Crippen molar-refractivity contribution in [3.8, 4) is 0 Å². The molecule has 2 aromatic rings. The highest BCUT2D eigenvalue weighted by Crippen LogP contribution is 2.40. The van der Waals surface area contributed by atoms with E-state index in [1.54, 1.807) is 26.8 Å². The van der Waals surface area contributed by atoms with Crippen LogP contribution >= 0.6 is 11.8 Å². The summed E-state index contributed by atoms with van der Waals surface area (Å²) in [6.45, 7) is 4.60. The Balaban J connectivity index is 1.88. The van der Waals surface area contributed by atoms with Crippen LogP contribution in [0.4, 0.5) is 8.78 Å². The van der Waals surface area contributed by atoms with Crippen LogP contribution in [0.1, 0.15) is 44.4 Å². The molecule has 1 aliphatic rings. The lowest BCUT2D eigenvalue weighted by Gasteiger charge is -2.31. The molecule has 3 nitrogen and oxygen atoms in total. The number of benzene rings is 2. The van der Waals surface area contributed by atoms with Gasteiger partial charge in [-0.2, -0.15) is 4.31 Å². The molecule has 2 aromatic carbocycles. The summed E-state index contributed by atoms with van der Waals surface area (Å²) in [4.78, 5) is 0.703. The molecule has 0 radical (unpaired) electrons. The zero-order chi connectivity index (χ0) is 20.5. The van der Waals surface area contributed by atoms with Gasteiger partial charge in [-0.15, -0.1) is 11.8 Å². The smallest absolute Gasteiger partial charge is 0.219 e. The van der Waals surface area contributed by atoms with E-state index in [-0.39, 0.29) is 13.0 Å². The summed E-state index contributed by atoms with van der Waals surface area (Å²) >= 11 is 1.47. The fourth-order valence-electron chi connectivity index (χ4n) is 3.28. The minimum atomic E-state index is -3.72. The molecule has 28 heavy (non-hydrogen) atoms. The quantitative estimate of drug-likeness (QED) is 0.608. The third-order valence-corrected chi connectivity index (χ3v) is 8.43. The van der Waals surface area contributed by atoms with Gasteiger partial charge < -0.3 is 0 Å². The molecular formula is C21H25F2NO2S2. The molecule has 0 spiro atoms. The van der Waals surface area contributed by atoms with Crippen molar-refractivity contribution in [1.29, 1.82) is 0 Å². The second-order valence-corrected chi connectivity index (χ2v) is 11.7. The van der Waals surface area contributed by atoms with Gasteiger partial charge in [-0.3, -0.25) is 0 Å². The van der Waals surface area contributed by atoms with Crippen LogP contribution in [0.3, 0.4) is 0 Å². The molecule has 2 atom stereocenters. The van der Waals surface area contributed by atoms with E-state index >= 15 is 0 Å². The zero-order valence-corrected chi connectivity index (χ0v) is 17.9. The highest BCUT2D eigenvalue weighted by Gasteiger charge is 2.45. The molecule has 1 aliphatic heterocycles. The van der Waals surface area contributed by atoms with E-state index in [0.717, 1.165) is 5.56 Å². The number of thioether (sulfide) groups is 1. The Hall–Kier alpha value is -1.44. The van der Waals surface area contributed by atoms with Crippen molar-refractivity contribution in [1.82, 2.24) is 4.31 Å². The maximum atomic E-state index is 14.3. The average Bonchev–Trinajstić information content (AvgIpc) is 3.02. The molecule has 152 valence electrons. The Kier molecular flexibility index (Phi) is 6.17. The number of hydrogen-bond donors (Lipinski definition) is 0. The first kappa shape index (κ1) is 21.3. The topological polar surface area (TPSA) is 37.4 Å². The van der Waals surface area contributed by atoms with Gasteiger partial charge in [0.2, 0.25) is 10.0 Å². The Labute approximate surface area is 170 Å². The monoisotopic (exact) mass is 425 g/mol. The van der Waals surface area contributed by atoms with Gasteiger partial charge in [0.05, 0.1) is 10.8 Å². The first-order valence-electron chi connectivity index (χ1n) is 9.20. The lowest BCUT2D eigenvalue weighted by molar-refractivity contribution is 0.339. The minimum absolute atomic E-state index is 0.0432. The number of rotatable bonds is 5. The third kappa shape index (κ3) is 4.58. The maximum absolute atomic E-state index is 14.3. The Morgan fingerprint density at radius 2 is 1.82 bits per heavy atom. The van der Waals surface area contributed by atoms with E-state index in [1.165, 1.54) is 28.2 Å². The summed E-state index contributed by atoms with van der Waals surface area (Å²) in [6.07, 6.45) is -1.22. The van der Waals surface area contributed by atoms with E-state index in [9.17, 15) is 17.2 Å². The Bertz CT molecular complexity index is 927. The van der Waals surface area contributed by atoms with Crippen LogP contribution in [-0.2, 0) is 15.8 Å².